The Bertz CT molecular complexity index is 1360. The number of aromatic nitrogens is 1. The first-order chi connectivity index (χ1) is 16.3. The van der Waals surface area contributed by atoms with Gasteiger partial charge in [0.2, 0.25) is 0 Å². The van der Waals surface area contributed by atoms with Crippen molar-refractivity contribution in [2.24, 2.45) is 0 Å². The number of ether oxygens (including phenoxy) is 1. The van der Waals surface area contributed by atoms with Crippen LogP contribution >= 0.6 is 0 Å². The summed E-state index contributed by atoms with van der Waals surface area (Å²) in [5.41, 5.74) is 1.46. The van der Waals surface area contributed by atoms with Crippen molar-refractivity contribution >= 4 is 17.0 Å². The number of hydrogen-bond donors (Lipinski definition) is 0. The third kappa shape index (κ3) is 4.48. The predicted octanol–water partition coefficient (Wildman–Crippen LogP) is 6.75. The van der Waals surface area contributed by atoms with E-state index in [9.17, 15) is 22.4 Å². The summed E-state index contributed by atoms with van der Waals surface area (Å²) in [5, 5.41) is 0.577. The molecule has 1 aromatic heterocycles. The molecule has 4 aromatic rings. The first-order valence-corrected chi connectivity index (χ1v) is 10.8. The molecule has 34 heavy (non-hydrogen) atoms. The monoisotopic (exact) mass is 470 g/mol. The zero-order valence-corrected chi connectivity index (χ0v) is 18.6. The van der Waals surface area contributed by atoms with Crippen molar-refractivity contribution in [1.82, 2.24) is 9.47 Å². The molecule has 0 saturated heterocycles. The average molecular weight is 470 g/mol. The van der Waals surface area contributed by atoms with Crippen molar-refractivity contribution in [1.29, 1.82) is 0 Å². The van der Waals surface area contributed by atoms with Crippen LogP contribution in [-0.2, 0) is 6.54 Å². The van der Waals surface area contributed by atoms with E-state index in [0.29, 0.717) is 35.1 Å². The Balaban J connectivity index is 1.85. The number of hydrogen-bond acceptors (Lipinski definition) is 2. The summed E-state index contributed by atoms with van der Waals surface area (Å²) in [4.78, 5) is 14.1. The number of carbonyl (C=O) groups excluding carboxylic acids is 1. The molecule has 1 amide bonds. The van der Waals surface area contributed by atoms with Crippen molar-refractivity contribution in [3.63, 3.8) is 0 Å². The molecule has 0 fully saturated rings. The van der Waals surface area contributed by atoms with E-state index in [-0.39, 0.29) is 17.9 Å². The lowest BCUT2D eigenvalue weighted by molar-refractivity contribution is 0.157. The Kier molecular flexibility index (Phi) is 6.58. The van der Waals surface area contributed by atoms with Crippen LogP contribution in [0.3, 0.4) is 0 Å². The van der Waals surface area contributed by atoms with Crippen LogP contribution in [0.5, 0.6) is 5.75 Å². The van der Waals surface area contributed by atoms with Gasteiger partial charge < -0.3 is 14.2 Å². The van der Waals surface area contributed by atoms with E-state index in [2.05, 4.69) is 0 Å². The maximum absolute atomic E-state index is 14.2. The second-order valence-electron chi connectivity index (χ2n) is 7.72. The van der Waals surface area contributed by atoms with Gasteiger partial charge in [0.25, 0.3) is 0 Å². The molecule has 8 heteroatoms. The van der Waals surface area contributed by atoms with Crippen LogP contribution in [0.25, 0.3) is 22.0 Å². The lowest BCUT2D eigenvalue weighted by atomic mass is 10.00. The van der Waals surface area contributed by atoms with Crippen LogP contribution in [0.4, 0.5) is 22.4 Å². The molecular weight excluding hydrogens is 448 g/mol. The van der Waals surface area contributed by atoms with E-state index in [4.69, 9.17) is 4.74 Å². The summed E-state index contributed by atoms with van der Waals surface area (Å²) < 4.78 is 62.9. The van der Waals surface area contributed by atoms with E-state index in [0.717, 1.165) is 30.3 Å². The quantitative estimate of drug-likeness (QED) is 0.292. The molecule has 0 aliphatic heterocycles. The number of rotatable bonds is 6. The van der Waals surface area contributed by atoms with E-state index in [1.54, 1.807) is 29.0 Å². The van der Waals surface area contributed by atoms with Crippen LogP contribution in [-0.4, -0.2) is 28.6 Å². The van der Waals surface area contributed by atoms with Gasteiger partial charge in [-0.05, 0) is 67.9 Å². The number of benzene rings is 3. The van der Waals surface area contributed by atoms with Crippen LogP contribution in [0.15, 0.2) is 60.8 Å². The number of amides is 1. The number of halogens is 4. The van der Waals surface area contributed by atoms with Gasteiger partial charge in [0.1, 0.15) is 17.4 Å². The molecule has 0 bridgehead atoms. The van der Waals surface area contributed by atoms with Gasteiger partial charge in [-0.1, -0.05) is 6.07 Å². The zero-order chi connectivity index (χ0) is 24.4. The highest BCUT2D eigenvalue weighted by atomic mass is 19.2. The summed E-state index contributed by atoms with van der Waals surface area (Å²) in [6.45, 7) is 4.55. The van der Waals surface area contributed by atoms with Crippen molar-refractivity contribution in [2.75, 3.05) is 13.1 Å². The van der Waals surface area contributed by atoms with Gasteiger partial charge >= 0.3 is 6.09 Å². The Morgan fingerprint density at radius 1 is 0.882 bits per heavy atom. The fourth-order valence-electron chi connectivity index (χ4n) is 3.91. The van der Waals surface area contributed by atoms with Crippen LogP contribution < -0.4 is 4.74 Å². The molecule has 0 radical (unpaired) electrons. The summed E-state index contributed by atoms with van der Waals surface area (Å²) in [5.74, 6) is -2.98. The molecule has 4 nitrogen and oxygen atoms in total. The fraction of sp³-hybridized carbons (Fsp3) is 0.192. The minimum Gasteiger partial charge on any atom is -0.410 e. The molecule has 0 N–H and O–H groups in total. The lowest BCUT2D eigenvalue weighted by Gasteiger charge is -2.20. The van der Waals surface area contributed by atoms with Crippen molar-refractivity contribution in [3.05, 3.63) is 89.6 Å². The van der Waals surface area contributed by atoms with Crippen molar-refractivity contribution in [2.45, 2.75) is 20.4 Å². The summed E-state index contributed by atoms with van der Waals surface area (Å²) in [7, 11) is 0. The van der Waals surface area contributed by atoms with Gasteiger partial charge in [-0.15, -0.1) is 0 Å². The minimum absolute atomic E-state index is 0.0445. The molecule has 0 unspecified atom stereocenters. The largest absolute Gasteiger partial charge is 0.415 e. The first kappa shape index (κ1) is 23.4. The van der Waals surface area contributed by atoms with Gasteiger partial charge in [-0.3, -0.25) is 0 Å². The predicted molar refractivity (Wildman–Crippen MR) is 122 cm³/mol. The molecule has 176 valence electrons. The van der Waals surface area contributed by atoms with Gasteiger partial charge in [0.15, 0.2) is 11.6 Å². The van der Waals surface area contributed by atoms with Crippen molar-refractivity contribution < 1.29 is 27.1 Å². The highest BCUT2D eigenvalue weighted by Crippen LogP contribution is 2.39. The maximum atomic E-state index is 14.2. The van der Waals surface area contributed by atoms with Gasteiger partial charge in [-0.2, -0.15) is 0 Å². The Hall–Kier alpha value is -3.81. The van der Waals surface area contributed by atoms with E-state index >= 15 is 0 Å². The average Bonchev–Trinajstić information content (AvgIpc) is 3.21. The SMILES string of the molecule is CCN(CC)C(=O)Oc1ccc2c(ccn2Cc2cc(F)ccc2F)c1-c1ccc(F)c(F)c1. The van der Waals surface area contributed by atoms with Crippen LogP contribution in [0.2, 0.25) is 0 Å². The second-order valence-corrected chi connectivity index (χ2v) is 7.72. The molecule has 0 spiro atoms. The molecule has 0 saturated carbocycles. The van der Waals surface area contributed by atoms with E-state index in [1.165, 1.54) is 11.0 Å². The van der Waals surface area contributed by atoms with E-state index < -0.39 is 29.4 Å². The zero-order valence-electron chi connectivity index (χ0n) is 18.6. The number of fused-ring (bicyclic) bond motifs is 1. The van der Waals surface area contributed by atoms with Gasteiger partial charge in [0.05, 0.1) is 6.54 Å². The smallest absolute Gasteiger partial charge is 0.410 e. The Morgan fingerprint density at radius 3 is 2.32 bits per heavy atom. The normalized spacial score (nSPS) is 11.1. The highest BCUT2D eigenvalue weighted by molar-refractivity contribution is 5.99. The molecular formula is C26H22F4N2O2. The molecule has 0 aliphatic rings. The molecule has 0 atom stereocenters. The summed E-state index contributed by atoms with van der Waals surface area (Å²) in [6.07, 6.45) is 1.10. The molecule has 1 heterocycles. The van der Waals surface area contributed by atoms with Crippen LogP contribution in [0.1, 0.15) is 19.4 Å². The minimum atomic E-state index is -1.04. The fourth-order valence-corrected chi connectivity index (χ4v) is 3.91. The first-order valence-electron chi connectivity index (χ1n) is 10.8. The molecule has 0 aliphatic carbocycles. The Morgan fingerprint density at radius 2 is 1.62 bits per heavy atom. The molecule has 4 rings (SSSR count). The van der Waals surface area contributed by atoms with E-state index in [1.807, 2.05) is 13.8 Å². The third-order valence-electron chi connectivity index (χ3n) is 5.69. The standard InChI is InChI=1S/C26H22F4N2O2/c1-3-31(4-2)26(33)34-24-10-9-23-19(25(24)16-5-7-21(29)22(30)14-16)11-12-32(23)15-17-13-18(27)6-8-20(17)28/h5-14H,3-4,15H2,1-2H3. The highest BCUT2D eigenvalue weighted by Gasteiger charge is 2.20. The molecule has 3 aromatic carbocycles. The summed E-state index contributed by atoms with van der Waals surface area (Å²) in [6, 6.07) is 11.6. The number of nitrogens with zero attached hydrogens (tertiary/aromatic N) is 2. The van der Waals surface area contributed by atoms with Gasteiger partial charge in [0, 0.05) is 41.3 Å². The van der Waals surface area contributed by atoms with Crippen LogP contribution in [0, 0.1) is 23.3 Å². The maximum Gasteiger partial charge on any atom is 0.415 e. The second kappa shape index (κ2) is 9.59. The number of carbonyl (C=O) groups is 1. The van der Waals surface area contributed by atoms with Crippen molar-refractivity contribution in [3.8, 4) is 16.9 Å². The topological polar surface area (TPSA) is 34.5 Å². The van der Waals surface area contributed by atoms with Gasteiger partial charge in [-0.25, -0.2) is 22.4 Å². The Labute approximate surface area is 194 Å². The summed E-state index contributed by atoms with van der Waals surface area (Å²) >= 11 is 0. The third-order valence-corrected chi connectivity index (χ3v) is 5.69. The lowest BCUT2D eigenvalue weighted by Crippen LogP contribution is -2.33.